The van der Waals surface area contributed by atoms with Crippen LogP contribution in [-0.4, -0.2) is 47.5 Å². The molecule has 7 nitrogen and oxygen atoms in total. The van der Waals surface area contributed by atoms with E-state index in [1.807, 2.05) is 7.05 Å². The zero-order valence-corrected chi connectivity index (χ0v) is 16.4. The fourth-order valence-corrected chi connectivity index (χ4v) is 3.26. The number of benzene rings is 1. The van der Waals surface area contributed by atoms with Crippen LogP contribution in [0, 0.1) is 5.82 Å². The first-order valence-corrected chi connectivity index (χ1v) is 9.62. The zero-order chi connectivity index (χ0) is 20.8. The van der Waals surface area contributed by atoms with Crippen LogP contribution in [0.5, 0.6) is 0 Å². The molecule has 1 saturated heterocycles. The van der Waals surface area contributed by atoms with Crippen LogP contribution in [0.1, 0.15) is 28.8 Å². The van der Waals surface area contributed by atoms with E-state index in [9.17, 15) is 18.8 Å². The number of amides is 2. The molecule has 8 heteroatoms. The van der Waals surface area contributed by atoms with Gasteiger partial charge >= 0.3 is 0 Å². The number of nitrogens with zero attached hydrogens (tertiary/aromatic N) is 2. The van der Waals surface area contributed by atoms with Crippen LogP contribution in [0.2, 0.25) is 0 Å². The Bertz CT molecular complexity index is 918. The van der Waals surface area contributed by atoms with Crippen LogP contribution >= 0.6 is 0 Å². The number of hydrogen-bond acceptors (Lipinski definition) is 4. The molecule has 1 fully saturated rings. The van der Waals surface area contributed by atoms with Gasteiger partial charge in [0.2, 0.25) is 5.91 Å². The molecule has 2 N–H and O–H groups in total. The van der Waals surface area contributed by atoms with Gasteiger partial charge in [0.1, 0.15) is 12.4 Å². The summed E-state index contributed by atoms with van der Waals surface area (Å²) in [6.45, 7) is 1.95. The summed E-state index contributed by atoms with van der Waals surface area (Å²) < 4.78 is 14.2. The third kappa shape index (κ3) is 5.99. The predicted molar refractivity (Wildman–Crippen MR) is 107 cm³/mol. The standard InChI is InChI=1S/C21H25FN4O3/c1-25-10-8-18(9-11-25)24-19(27)14-26-13-16(4-7-20(26)28)21(29)23-12-15-2-5-17(22)6-3-15/h2-7,13,18H,8-12,14H2,1H3,(H,23,29)(H,24,27). The maximum atomic E-state index is 12.9. The molecule has 2 heterocycles. The molecule has 0 radical (unpaired) electrons. The van der Waals surface area contributed by atoms with Crippen molar-refractivity contribution in [2.24, 2.45) is 0 Å². The number of rotatable bonds is 6. The summed E-state index contributed by atoms with van der Waals surface area (Å²) in [5.41, 5.74) is 0.683. The molecule has 2 aromatic rings. The SMILES string of the molecule is CN1CCC(NC(=O)Cn2cc(C(=O)NCc3ccc(F)cc3)ccc2=O)CC1. The molecule has 1 aliphatic rings. The van der Waals surface area contributed by atoms with Gasteiger partial charge in [-0.3, -0.25) is 14.4 Å². The summed E-state index contributed by atoms with van der Waals surface area (Å²) in [5, 5.41) is 5.68. The van der Waals surface area contributed by atoms with E-state index in [1.54, 1.807) is 12.1 Å². The van der Waals surface area contributed by atoms with E-state index in [0.29, 0.717) is 0 Å². The van der Waals surface area contributed by atoms with Crippen molar-refractivity contribution < 1.29 is 14.0 Å². The summed E-state index contributed by atoms with van der Waals surface area (Å²) in [4.78, 5) is 39.0. The summed E-state index contributed by atoms with van der Waals surface area (Å²) in [5.74, 6) is -0.963. The number of aromatic nitrogens is 1. The van der Waals surface area contributed by atoms with Gasteiger partial charge in [-0.05, 0) is 56.7 Å². The summed E-state index contributed by atoms with van der Waals surface area (Å²) in [7, 11) is 2.05. The molecule has 3 rings (SSSR count). The number of nitrogens with one attached hydrogen (secondary N) is 2. The zero-order valence-electron chi connectivity index (χ0n) is 16.4. The number of carbonyl (C=O) groups is 2. The lowest BCUT2D eigenvalue weighted by Gasteiger charge is -2.29. The molecule has 2 amide bonds. The van der Waals surface area contributed by atoms with Crippen molar-refractivity contribution in [2.75, 3.05) is 20.1 Å². The molecule has 0 aliphatic carbocycles. The minimum atomic E-state index is -0.376. The Labute approximate surface area is 168 Å². The van der Waals surface area contributed by atoms with Crippen molar-refractivity contribution in [3.05, 3.63) is 69.9 Å². The monoisotopic (exact) mass is 400 g/mol. The molecule has 1 aromatic heterocycles. The second-order valence-electron chi connectivity index (χ2n) is 7.34. The Hall–Kier alpha value is -3.00. The number of carbonyl (C=O) groups excluding carboxylic acids is 2. The highest BCUT2D eigenvalue weighted by atomic mass is 19.1. The maximum absolute atomic E-state index is 12.9. The first-order chi connectivity index (χ1) is 13.9. The van der Waals surface area contributed by atoms with Crippen LogP contribution in [-0.2, 0) is 17.9 Å². The minimum Gasteiger partial charge on any atom is -0.352 e. The quantitative estimate of drug-likeness (QED) is 0.762. The number of likely N-dealkylation sites (tertiary alicyclic amines) is 1. The summed E-state index contributed by atoms with van der Waals surface area (Å²) >= 11 is 0. The molecule has 0 atom stereocenters. The van der Waals surface area contributed by atoms with Gasteiger partial charge < -0.3 is 20.1 Å². The van der Waals surface area contributed by atoms with Crippen molar-refractivity contribution in [3.8, 4) is 0 Å². The average molecular weight is 400 g/mol. The van der Waals surface area contributed by atoms with Crippen LogP contribution < -0.4 is 16.2 Å². The Morgan fingerprint density at radius 1 is 1.10 bits per heavy atom. The number of hydrogen-bond donors (Lipinski definition) is 2. The number of piperidine rings is 1. The molecule has 0 bridgehead atoms. The highest BCUT2D eigenvalue weighted by Crippen LogP contribution is 2.08. The van der Waals surface area contributed by atoms with Gasteiger partial charge in [0.15, 0.2) is 0 Å². The lowest BCUT2D eigenvalue weighted by atomic mass is 10.1. The first kappa shape index (κ1) is 20.7. The number of pyridine rings is 1. The van der Waals surface area contributed by atoms with Gasteiger partial charge in [-0.25, -0.2) is 4.39 Å². The van der Waals surface area contributed by atoms with Crippen molar-refractivity contribution >= 4 is 11.8 Å². The largest absolute Gasteiger partial charge is 0.352 e. The first-order valence-electron chi connectivity index (χ1n) is 9.62. The molecule has 1 aromatic carbocycles. The number of halogens is 1. The fraction of sp³-hybridized carbons (Fsp3) is 0.381. The molecule has 29 heavy (non-hydrogen) atoms. The average Bonchev–Trinajstić information content (AvgIpc) is 2.70. The predicted octanol–water partition coefficient (Wildman–Crippen LogP) is 1.13. The van der Waals surface area contributed by atoms with Gasteiger partial charge in [0.05, 0.1) is 5.56 Å². The Kier molecular flexibility index (Phi) is 6.77. The third-order valence-electron chi connectivity index (χ3n) is 5.01. The van der Waals surface area contributed by atoms with Crippen LogP contribution in [0.3, 0.4) is 0 Å². The van der Waals surface area contributed by atoms with Crippen molar-refractivity contribution in [1.82, 2.24) is 20.1 Å². The Balaban J connectivity index is 1.58. The van der Waals surface area contributed by atoms with E-state index in [-0.39, 0.29) is 47.9 Å². The van der Waals surface area contributed by atoms with Crippen LogP contribution in [0.15, 0.2) is 47.4 Å². The smallest absolute Gasteiger partial charge is 0.253 e. The van der Waals surface area contributed by atoms with Crippen LogP contribution in [0.25, 0.3) is 0 Å². The Morgan fingerprint density at radius 3 is 2.48 bits per heavy atom. The van der Waals surface area contributed by atoms with Gasteiger partial charge in [0.25, 0.3) is 11.5 Å². The van der Waals surface area contributed by atoms with Crippen LogP contribution in [0.4, 0.5) is 4.39 Å². The highest BCUT2D eigenvalue weighted by Gasteiger charge is 2.19. The molecule has 0 saturated carbocycles. The molecule has 1 aliphatic heterocycles. The molecular weight excluding hydrogens is 375 g/mol. The third-order valence-corrected chi connectivity index (χ3v) is 5.01. The van der Waals surface area contributed by atoms with E-state index in [0.717, 1.165) is 31.5 Å². The second kappa shape index (κ2) is 9.47. The van der Waals surface area contributed by atoms with Gasteiger partial charge in [-0.15, -0.1) is 0 Å². The molecule has 154 valence electrons. The van der Waals surface area contributed by atoms with Crippen molar-refractivity contribution in [3.63, 3.8) is 0 Å². The second-order valence-corrected chi connectivity index (χ2v) is 7.34. The normalized spacial score (nSPS) is 15.1. The summed E-state index contributed by atoms with van der Waals surface area (Å²) in [6, 6.07) is 8.63. The van der Waals surface area contributed by atoms with E-state index < -0.39 is 0 Å². The lowest BCUT2D eigenvalue weighted by molar-refractivity contribution is -0.122. The van der Waals surface area contributed by atoms with E-state index in [2.05, 4.69) is 15.5 Å². The summed E-state index contributed by atoms with van der Waals surface area (Å²) in [6.07, 6.45) is 3.14. The Morgan fingerprint density at radius 2 is 1.79 bits per heavy atom. The fourth-order valence-electron chi connectivity index (χ4n) is 3.26. The topological polar surface area (TPSA) is 83.4 Å². The van der Waals surface area contributed by atoms with E-state index >= 15 is 0 Å². The highest BCUT2D eigenvalue weighted by molar-refractivity contribution is 5.93. The molecule has 0 unspecified atom stereocenters. The van der Waals surface area contributed by atoms with E-state index in [1.165, 1.54) is 35.0 Å². The van der Waals surface area contributed by atoms with Crippen molar-refractivity contribution in [1.29, 1.82) is 0 Å². The van der Waals surface area contributed by atoms with Gasteiger partial charge in [0, 0.05) is 24.8 Å². The molecule has 0 spiro atoms. The molecular formula is C21H25FN4O3. The maximum Gasteiger partial charge on any atom is 0.253 e. The van der Waals surface area contributed by atoms with Gasteiger partial charge in [-0.2, -0.15) is 0 Å². The van der Waals surface area contributed by atoms with Gasteiger partial charge in [-0.1, -0.05) is 12.1 Å². The van der Waals surface area contributed by atoms with Crippen molar-refractivity contribution in [2.45, 2.75) is 32.0 Å². The van der Waals surface area contributed by atoms with E-state index in [4.69, 9.17) is 0 Å². The minimum absolute atomic E-state index is 0.108. The lowest BCUT2D eigenvalue weighted by Crippen LogP contribution is -2.45.